The number of benzene rings is 1. The number of fused-ring (bicyclic) bond motifs is 2. The maximum Gasteiger partial charge on any atom is 0.356 e. The fraction of sp³-hybridized carbons (Fsp3) is 0.360. The van der Waals surface area contributed by atoms with Gasteiger partial charge >= 0.3 is 5.97 Å². The van der Waals surface area contributed by atoms with Crippen molar-refractivity contribution in [1.29, 1.82) is 0 Å². The summed E-state index contributed by atoms with van der Waals surface area (Å²) in [6.45, 7) is 2.20. The SMILES string of the molecule is COC(=O)c1cc2nc(C(C)C3CCC(c4ccnc5ccc(F)cc45)CC3)[nH]c2cn1. The molecule has 1 aromatic carbocycles. The first-order valence-corrected chi connectivity index (χ1v) is 11.0. The number of rotatable bonds is 4. The third-order valence-electron chi connectivity index (χ3n) is 6.87. The fourth-order valence-electron chi connectivity index (χ4n) is 5.01. The van der Waals surface area contributed by atoms with E-state index in [4.69, 9.17) is 9.72 Å². The topological polar surface area (TPSA) is 80.8 Å². The molecule has 4 aromatic rings. The standard InChI is InChI=1S/C25H25FN4O2/c1-14(24-29-21-12-22(25(31)32-2)28-13-23(21)30-24)15-3-5-16(6-4-15)18-9-10-27-20-8-7-17(26)11-19(18)20/h7-16H,3-6H2,1-2H3,(H,29,30). The van der Waals surface area contributed by atoms with Gasteiger partial charge in [-0.3, -0.25) is 4.98 Å². The molecule has 7 heteroatoms. The molecule has 0 bridgehead atoms. The molecule has 164 valence electrons. The van der Waals surface area contributed by atoms with Crippen LogP contribution in [-0.4, -0.2) is 33.0 Å². The van der Waals surface area contributed by atoms with Gasteiger partial charge in [0.05, 0.1) is 29.9 Å². The summed E-state index contributed by atoms with van der Waals surface area (Å²) in [6, 6.07) is 8.54. The molecule has 0 saturated heterocycles. The highest BCUT2D eigenvalue weighted by atomic mass is 19.1. The summed E-state index contributed by atoms with van der Waals surface area (Å²) in [5.41, 5.74) is 3.85. The summed E-state index contributed by atoms with van der Waals surface area (Å²) >= 11 is 0. The maximum absolute atomic E-state index is 13.8. The van der Waals surface area contributed by atoms with Gasteiger partial charge in [-0.15, -0.1) is 0 Å². The van der Waals surface area contributed by atoms with Crippen LogP contribution in [0.15, 0.2) is 42.7 Å². The van der Waals surface area contributed by atoms with Gasteiger partial charge in [0.15, 0.2) is 5.69 Å². The Bertz CT molecular complexity index is 1290. The summed E-state index contributed by atoms with van der Waals surface area (Å²) in [7, 11) is 1.34. The third-order valence-corrected chi connectivity index (χ3v) is 6.87. The lowest BCUT2D eigenvalue weighted by molar-refractivity contribution is 0.0594. The first kappa shape index (κ1) is 20.5. The van der Waals surface area contributed by atoms with Crippen LogP contribution in [0.4, 0.5) is 4.39 Å². The lowest BCUT2D eigenvalue weighted by Gasteiger charge is -2.32. The van der Waals surface area contributed by atoms with E-state index in [9.17, 15) is 9.18 Å². The van der Waals surface area contributed by atoms with Crippen LogP contribution in [0.1, 0.15) is 66.3 Å². The van der Waals surface area contributed by atoms with E-state index in [0.717, 1.165) is 53.4 Å². The van der Waals surface area contributed by atoms with Crippen LogP contribution in [-0.2, 0) is 4.74 Å². The monoisotopic (exact) mass is 432 g/mol. The van der Waals surface area contributed by atoms with Gasteiger partial charge in [-0.05, 0) is 73.4 Å². The Morgan fingerprint density at radius 2 is 1.94 bits per heavy atom. The number of methoxy groups -OCH3 is 1. The van der Waals surface area contributed by atoms with Crippen molar-refractivity contribution in [2.75, 3.05) is 7.11 Å². The Labute approximate surface area is 185 Å². The number of halogens is 1. The number of H-pyrrole nitrogens is 1. The van der Waals surface area contributed by atoms with E-state index >= 15 is 0 Å². The van der Waals surface area contributed by atoms with Gasteiger partial charge in [0.1, 0.15) is 11.6 Å². The van der Waals surface area contributed by atoms with E-state index in [1.54, 1.807) is 24.4 Å². The van der Waals surface area contributed by atoms with E-state index in [-0.39, 0.29) is 17.4 Å². The molecule has 32 heavy (non-hydrogen) atoms. The highest BCUT2D eigenvalue weighted by Gasteiger charge is 2.29. The summed E-state index contributed by atoms with van der Waals surface area (Å²) in [4.78, 5) is 28.4. The van der Waals surface area contributed by atoms with Crippen LogP contribution >= 0.6 is 0 Å². The Morgan fingerprint density at radius 1 is 1.12 bits per heavy atom. The molecule has 0 spiro atoms. The normalized spacial score (nSPS) is 19.8. The number of hydrogen-bond donors (Lipinski definition) is 1. The highest BCUT2D eigenvalue weighted by molar-refractivity contribution is 5.91. The second kappa shape index (κ2) is 8.30. The van der Waals surface area contributed by atoms with Crippen LogP contribution < -0.4 is 0 Å². The van der Waals surface area contributed by atoms with E-state index < -0.39 is 5.97 Å². The summed E-state index contributed by atoms with van der Waals surface area (Å²) in [6.07, 6.45) is 7.73. The number of nitrogens with zero attached hydrogens (tertiary/aromatic N) is 3. The number of carbonyl (C=O) groups excluding carboxylic acids is 1. The predicted octanol–water partition coefficient (Wildman–Crippen LogP) is 5.51. The first-order valence-electron chi connectivity index (χ1n) is 11.0. The average molecular weight is 432 g/mol. The van der Waals surface area contributed by atoms with Crippen molar-refractivity contribution in [1.82, 2.24) is 19.9 Å². The number of aromatic nitrogens is 4. The van der Waals surface area contributed by atoms with Crippen LogP contribution in [0, 0.1) is 11.7 Å². The van der Waals surface area contributed by atoms with E-state index in [1.165, 1.54) is 18.7 Å². The summed E-state index contributed by atoms with van der Waals surface area (Å²) in [5.74, 6) is 1.41. The van der Waals surface area contributed by atoms with Crippen molar-refractivity contribution in [2.24, 2.45) is 5.92 Å². The number of ether oxygens (including phenoxy) is 1. The molecule has 5 rings (SSSR count). The molecule has 3 aromatic heterocycles. The fourth-order valence-corrected chi connectivity index (χ4v) is 5.01. The van der Waals surface area contributed by atoms with Gasteiger partial charge in [-0.1, -0.05) is 6.92 Å². The summed E-state index contributed by atoms with van der Waals surface area (Å²) in [5, 5.41) is 0.926. The molecule has 1 fully saturated rings. The van der Waals surface area contributed by atoms with Gasteiger partial charge in [0.2, 0.25) is 0 Å². The zero-order chi connectivity index (χ0) is 22.2. The van der Waals surface area contributed by atoms with Gasteiger partial charge in [-0.25, -0.2) is 19.2 Å². The molecule has 3 heterocycles. The number of nitrogens with one attached hydrogen (secondary N) is 1. The smallest absolute Gasteiger partial charge is 0.356 e. The van der Waals surface area contributed by atoms with Gasteiger partial charge in [0, 0.05) is 17.5 Å². The first-order chi connectivity index (χ1) is 15.5. The van der Waals surface area contributed by atoms with E-state index in [0.29, 0.717) is 11.8 Å². The number of aromatic amines is 1. The molecule has 1 aliphatic rings. The van der Waals surface area contributed by atoms with Crippen molar-refractivity contribution < 1.29 is 13.9 Å². The molecule has 6 nitrogen and oxygen atoms in total. The van der Waals surface area contributed by atoms with Gasteiger partial charge in [0.25, 0.3) is 0 Å². The molecular weight excluding hydrogens is 407 g/mol. The number of pyridine rings is 2. The van der Waals surface area contributed by atoms with Crippen LogP contribution in [0.5, 0.6) is 0 Å². The van der Waals surface area contributed by atoms with Crippen molar-refractivity contribution in [3.05, 3.63) is 65.6 Å². The lowest BCUT2D eigenvalue weighted by Crippen LogP contribution is -2.19. The molecule has 0 amide bonds. The largest absolute Gasteiger partial charge is 0.464 e. The zero-order valence-electron chi connectivity index (χ0n) is 18.1. The Kier molecular flexibility index (Phi) is 5.33. The van der Waals surface area contributed by atoms with Gasteiger partial charge < -0.3 is 9.72 Å². The molecule has 1 unspecified atom stereocenters. The number of esters is 1. The number of imidazole rings is 1. The minimum Gasteiger partial charge on any atom is -0.464 e. The molecule has 1 aliphatic carbocycles. The highest BCUT2D eigenvalue weighted by Crippen LogP contribution is 2.42. The summed E-state index contributed by atoms with van der Waals surface area (Å²) < 4.78 is 18.6. The van der Waals surface area contributed by atoms with Crippen molar-refractivity contribution >= 4 is 27.9 Å². The average Bonchev–Trinajstić information content (AvgIpc) is 3.26. The minimum absolute atomic E-state index is 0.219. The lowest BCUT2D eigenvalue weighted by atomic mass is 9.73. The Balaban J connectivity index is 1.32. The van der Waals surface area contributed by atoms with E-state index in [2.05, 4.69) is 21.9 Å². The molecule has 0 aliphatic heterocycles. The van der Waals surface area contributed by atoms with Crippen LogP contribution in [0.25, 0.3) is 21.9 Å². The number of hydrogen-bond acceptors (Lipinski definition) is 5. The van der Waals surface area contributed by atoms with Crippen LogP contribution in [0.2, 0.25) is 0 Å². The maximum atomic E-state index is 13.8. The molecule has 1 N–H and O–H groups in total. The number of carbonyl (C=O) groups is 1. The van der Waals surface area contributed by atoms with Gasteiger partial charge in [-0.2, -0.15) is 0 Å². The Morgan fingerprint density at radius 3 is 2.72 bits per heavy atom. The van der Waals surface area contributed by atoms with Crippen LogP contribution in [0.3, 0.4) is 0 Å². The zero-order valence-corrected chi connectivity index (χ0v) is 18.1. The molecule has 1 saturated carbocycles. The Hall–Kier alpha value is -3.35. The minimum atomic E-state index is -0.466. The molecule has 1 atom stereocenters. The van der Waals surface area contributed by atoms with Crippen molar-refractivity contribution in [2.45, 2.75) is 44.4 Å². The predicted molar refractivity (Wildman–Crippen MR) is 120 cm³/mol. The quantitative estimate of drug-likeness (QED) is 0.430. The second-order valence-corrected chi connectivity index (χ2v) is 8.66. The second-order valence-electron chi connectivity index (χ2n) is 8.66. The van der Waals surface area contributed by atoms with Crippen molar-refractivity contribution in [3.8, 4) is 0 Å². The molecule has 0 radical (unpaired) electrons. The van der Waals surface area contributed by atoms with E-state index in [1.807, 2.05) is 12.3 Å². The van der Waals surface area contributed by atoms with Crippen molar-refractivity contribution in [3.63, 3.8) is 0 Å². The third kappa shape index (κ3) is 3.72. The molecular formula is C25H25FN4O2.